The van der Waals surface area contributed by atoms with Crippen molar-refractivity contribution in [3.8, 4) is 11.5 Å². The van der Waals surface area contributed by atoms with E-state index in [1.165, 1.54) is 5.56 Å². The lowest BCUT2D eigenvalue weighted by atomic mass is 10.1. The highest BCUT2D eigenvalue weighted by molar-refractivity contribution is 6.31. The highest BCUT2D eigenvalue weighted by atomic mass is 35.5. The zero-order valence-electron chi connectivity index (χ0n) is 11.6. The Morgan fingerprint density at radius 2 is 1.95 bits per heavy atom. The van der Waals surface area contributed by atoms with Crippen molar-refractivity contribution >= 4 is 28.2 Å². The predicted molar refractivity (Wildman–Crippen MR) is 87.1 cm³/mol. The Hall–Kier alpha value is -2.26. The van der Waals surface area contributed by atoms with Crippen LogP contribution in [0.15, 0.2) is 48.7 Å². The van der Waals surface area contributed by atoms with Gasteiger partial charge in [-0.15, -0.1) is 0 Å². The van der Waals surface area contributed by atoms with Gasteiger partial charge in [0.05, 0.1) is 11.2 Å². The molecular formula is C17H15ClN2O. The van der Waals surface area contributed by atoms with E-state index >= 15 is 0 Å². The van der Waals surface area contributed by atoms with Gasteiger partial charge in [0.2, 0.25) is 0 Å². The van der Waals surface area contributed by atoms with Gasteiger partial charge in [0.25, 0.3) is 0 Å². The van der Waals surface area contributed by atoms with Gasteiger partial charge in [-0.1, -0.05) is 24.6 Å². The second-order valence-electron chi connectivity index (χ2n) is 4.80. The number of pyridine rings is 1. The van der Waals surface area contributed by atoms with Crippen molar-refractivity contribution in [2.75, 3.05) is 5.73 Å². The van der Waals surface area contributed by atoms with E-state index in [-0.39, 0.29) is 0 Å². The van der Waals surface area contributed by atoms with E-state index in [0.717, 1.165) is 17.3 Å². The minimum absolute atomic E-state index is 0.633. The molecule has 1 heterocycles. The van der Waals surface area contributed by atoms with Gasteiger partial charge in [-0.05, 0) is 48.4 Å². The van der Waals surface area contributed by atoms with Crippen molar-refractivity contribution in [3.63, 3.8) is 0 Å². The van der Waals surface area contributed by atoms with E-state index in [4.69, 9.17) is 22.1 Å². The monoisotopic (exact) mass is 298 g/mol. The van der Waals surface area contributed by atoms with Gasteiger partial charge in [-0.2, -0.15) is 0 Å². The molecule has 0 spiro atoms. The number of nitrogens with two attached hydrogens (primary N) is 1. The molecule has 3 rings (SSSR count). The van der Waals surface area contributed by atoms with Crippen LogP contribution in [0.4, 0.5) is 5.69 Å². The molecule has 106 valence electrons. The summed E-state index contributed by atoms with van der Waals surface area (Å²) in [6, 6.07) is 13.2. The summed E-state index contributed by atoms with van der Waals surface area (Å²) in [7, 11) is 0. The largest absolute Gasteiger partial charge is 0.454 e. The van der Waals surface area contributed by atoms with Crippen LogP contribution in [0.3, 0.4) is 0 Å². The lowest BCUT2D eigenvalue weighted by molar-refractivity contribution is 0.490. The maximum atomic E-state index is 6.05. The number of aryl methyl sites for hydroxylation is 1. The summed E-state index contributed by atoms with van der Waals surface area (Å²) < 4.78 is 5.95. The van der Waals surface area contributed by atoms with Crippen LogP contribution in [0.25, 0.3) is 10.9 Å². The molecule has 0 fully saturated rings. The first kappa shape index (κ1) is 13.7. The van der Waals surface area contributed by atoms with Gasteiger partial charge in [0.1, 0.15) is 11.5 Å². The fourth-order valence-electron chi connectivity index (χ4n) is 2.21. The highest BCUT2D eigenvalue weighted by Crippen LogP contribution is 2.33. The molecule has 2 N–H and O–H groups in total. The summed E-state index contributed by atoms with van der Waals surface area (Å²) in [5.41, 5.74) is 8.67. The average Bonchev–Trinajstić information content (AvgIpc) is 2.49. The predicted octanol–water partition coefficient (Wildman–Crippen LogP) is 4.83. The zero-order chi connectivity index (χ0) is 14.8. The molecule has 4 heteroatoms. The molecule has 0 aliphatic carbocycles. The molecule has 0 unspecified atom stereocenters. The maximum Gasteiger partial charge on any atom is 0.150 e. The SMILES string of the molecule is CCc1ccc(Oc2ccnc3cc(Cl)ccc23)c(N)c1. The number of halogens is 1. The number of nitrogen functional groups attached to an aromatic ring is 1. The van der Waals surface area contributed by atoms with E-state index in [9.17, 15) is 0 Å². The molecule has 2 aromatic carbocycles. The van der Waals surface area contributed by atoms with Gasteiger partial charge in [-0.3, -0.25) is 4.98 Å². The highest BCUT2D eigenvalue weighted by Gasteiger charge is 2.07. The molecule has 0 radical (unpaired) electrons. The molecule has 0 aliphatic rings. The van der Waals surface area contributed by atoms with Gasteiger partial charge < -0.3 is 10.5 Å². The van der Waals surface area contributed by atoms with Crippen molar-refractivity contribution in [1.82, 2.24) is 4.98 Å². The van der Waals surface area contributed by atoms with Crippen molar-refractivity contribution in [3.05, 3.63) is 59.2 Å². The Labute approximate surface area is 128 Å². The molecule has 0 amide bonds. The minimum Gasteiger partial charge on any atom is -0.454 e. The Morgan fingerprint density at radius 3 is 2.71 bits per heavy atom. The van der Waals surface area contributed by atoms with Crippen molar-refractivity contribution in [2.24, 2.45) is 0 Å². The molecular weight excluding hydrogens is 284 g/mol. The summed E-state index contributed by atoms with van der Waals surface area (Å²) in [4.78, 5) is 4.30. The van der Waals surface area contributed by atoms with Crippen LogP contribution in [-0.4, -0.2) is 4.98 Å². The van der Waals surface area contributed by atoms with Crippen LogP contribution in [0.2, 0.25) is 5.02 Å². The first-order valence-corrected chi connectivity index (χ1v) is 7.15. The van der Waals surface area contributed by atoms with Gasteiger partial charge >= 0.3 is 0 Å². The third-order valence-corrected chi connectivity index (χ3v) is 3.60. The van der Waals surface area contributed by atoms with Crippen molar-refractivity contribution < 1.29 is 4.74 Å². The second-order valence-corrected chi connectivity index (χ2v) is 5.23. The number of anilines is 1. The summed E-state index contributed by atoms with van der Waals surface area (Å²) in [6.07, 6.45) is 2.64. The van der Waals surface area contributed by atoms with E-state index in [1.54, 1.807) is 6.20 Å². The fourth-order valence-corrected chi connectivity index (χ4v) is 2.38. The summed E-state index contributed by atoms with van der Waals surface area (Å²) >= 11 is 5.99. The topological polar surface area (TPSA) is 48.1 Å². The summed E-state index contributed by atoms with van der Waals surface area (Å²) in [6.45, 7) is 2.09. The molecule has 1 aromatic heterocycles. The molecule has 3 aromatic rings. The van der Waals surface area contributed by atoms with Crippen molar-refractivity contribution in [1.29, 1.82) is 0 Å². The molecule has 21 heavy (non-hydrogen) atoms. The molecule has 0 bridgehead atoms. The maximum absolute atomic E-state index is 6.05. The average molecular weight is 299 g/mol. The van der Waals surface area contributed by atoms with Crippen LogP contribution in [-0.2, 0) is 6.42 Å². The standard InChI is InChI=1S/C17H15ClN2O/c1-2-11-3-6-17(14(19)9-11)21-16-7-8-20-15-10-12(18)4-5-13(15)16/h3-10H,2,19H2,1H3. The number of aromatic nitrogens is 1. The molecule has 0 aliphatic heterocycles. The van der Waals surface area contributed by atoms with E-state index in [0.29, 0.717) is 22.2 Å². The van der Waals surface area contributed by atoms with Gasteiger partial charge in [0, 0.05) is 16.6 Å². The third kappa shape index (κ3) is 2.78. The minimum atomic E-state index is 0.633. The number of rotatable bonds is 3. The fraction of sp³-hybridized carbons (Fsp3) is 0.118. The lowest BCUT2D eigenvalue weighted by Crippen LogP contribution is -1.94. The van der Waals surface area contributed by atoms with Crippen LogP contribution in [0.1, 0.15) is 12.5 Å². The normalized spacial score (nSPS) is 10.8. The Bertz CT molecular complexity index is 802. The first-order valence-electron chi connectivity index (χ1n) is 6.78. The summed E-state index contributed by atoms with van der Waals surface area (Å²) in [5, 5.41) is 1.56. The van der Waals surface area contributed by atoms with Gasteiger partial charge in [0.15, 0.2) is 0 Å². The van der Waals surface area contributed by atoms with E-state index in [1.807, 2.05) is 42.5 Å². The molecule has 0 saturated carbocycles. The van der Waals surface area contributed by atoms with E-state index in [2.05, 4.69) is 11.9 Å². The number of fused-ring (bicyclic) bond motifs is 1. The van der Waals surface area contributed by atoms with E-state index < -0.39 is 0 Å². The first-order chi connectivity index (χ1) is 10.2. The molecule has 3 nitrogen and oxygen atoms in total. The van der Waals surface area contributed by atoms with Gasteiger partial charge in [-0.25, -0.2) is 0 Å². The second kappa shape index (κ2) is 5.62. The van der Waals surface area contributed by atoms with Crippen LogP contribution >= 0.6 is 11.6 Å². The lowest BCUT2D eigenvalue weighted by Gasteiger charge is -2.11. The van der Waals surface area contributed by atoms with Crippen LogP contribution in [0.5, 0.6) is 11.5 Å². The Kier molecular flexibility index (Phi) is 3.67. The number of benzene rings is 2. The molecule has 0 atom stereocenters. The number of ether oxygens (including phenoxy) is 1. The van der Waals surface area contributed by atoms with Crippen LogP contribution in [0, 0.1) is 0 Å². The van der Waals surface area contributed by atoms with Crippen molar-refractivity contribution in [2.45, 2.75) is 13.3 Å². The Morgan fingerprint density at radius 1 is 1.10 bits per heavy atom. The number of hydrogen-bond acceptors (Lipinski definition) is 3. The summed E-state index contributed by atoms with van der Waals surface area (Å²) in [5.74, 6) is 1.36. The smallest absolute Gasteiger partial charge is 0.150 e. The third-order valence-electron chi connectivity index (χ3n) is 3.37. The quantitative estimate of drug-likeness (QED) is 0.705. The molecule has 0 saturated heterocycles. The number of nitrogens with zero attached hydrogens (tertiary/aromatic N) is 1. The Balaban J connectivity index is 2.02. The van der Waals surface area contributed by atoms with Crippen LogP contribution < -0.4 is 10.5 Å². The zero-order valence-corrected chi connectivity index (χ0v) is 12.4. The number of hydrogen-bond donors (Lipinski definition) is 1.